The minimum atomic E-state index is 0.718. The van der Waals surface area contributed by atoms with Crippen LogP contribution in [0.3, 0.4) is 0 Å². The molecule has 2 aromatic rings. The average Bonchev–Trinajstić information content (AvgIpc) is 3.03. The monoisotopic (exact) mass is 334 g/mol. The van der Waals surface area contributed by atoms with Gasteiger partial charge in [0, 0.05) is 35.3 Å². The highest BCUT2D eigenvalue weighted by Gasteiger charge is 2.02. The van der Waals surface area contributed by atoms with Gasteiger partial charge in [-0.2, -0.15) is 0 Å². The van der Waals surface area contributed by atoms with E-state index in [1.54, 1.807) is 18.4 Å². The lowest BCUT2D eigenvalue weighted by Crippen LogP contribution is -2.37. The smallest absolute Gasteiger partial charge is 0.191 e. The molecule has 0 saturated carbocycles. The van der Waals surface area contributed by atoms with Crippen LogP contribution >= 0.6 is 23.1 Å². The molecule has 6 heteroatoms. The molecule has 0 amide bonds. The quantitative estimate of drug-likeness (QED) is 0.353. The predicted octanol–water partition coefficient (Wildman–Crippen LogP) is 3.16. The Morgan fingerprint density at radius 2 is 2.09 bits per heavy atom. The lowest BCUT2D eigenvalue weighted by atomic mass is 10.4. The number of thiazole rings is 1. The summed E-state index contributed by atoms with van der Waals surface area (Å²) in [6, 6.07) is 10.4. The zero-order chi connectivity index (χ0) is 15.6. The van der Waals surface area contributed by atoms with Gasteiger partial charge in [0.2, 0.25) is 0 Å². The molecule has 0 saturated heterocycles. The first-order chi connectivity index (χ1) is 10.8. The third-order valence-corrected chi connectivity index (χ3v) is 5.14. The second kappa shape index (κ2) is 9.48. The van der Waals surface area contributed by atoms with Gasteiger partial charge < -0.3 is 10.6 Å². The van der Waals surface area contributed by atoms with E-state index in [9.17, 15) is 0 Å². The van der Waals surface area contributed by atoms with Gasteiger partial charge in [0.1, 0.15) is 5.01 Å². The molecule has 2 rings (SSSR count). The maximum Gasteiger partial charge on any atom is 0.191 e. The summed E-state index contributed by atoms with van der Waals surface area (Å²) in [7, 11) is 1.79. The fourth-order valence-electron chi connectivity index (χ4n) is 1.83. The van der Waals surface area contributed by atoms with Crippen molar-refractivity contribution in [3.8, 4) is 0 Å². The molecule has 4 nitrogen and oxygen atoms in total. The number of aliphatic imine (C=N–C) groups is 1. The maximum absolute atomic E-state index is 4.40. The number of aryl methyl sites for hydroxylation is 1. The minimum Gasteiger partial charge on any atom is -0.356 e. The molecule has 1 heterocycles. The Morgan fingerprint density at radius 3 is 2.77 bits per heavy atom. The van der Waals surface area contributed by atoms with Crippen molar-refractivity contribution >= 4 is 29.1 Å². The first kappa shape index (κ1) is 16.8. The summed E-state index contributed by atoms with van der Waals surface area (Å²) >= 11 is 3.59. The molecule has 1 aromatic carbocycles. The molecule has 0 unspecified atom stereocenters. The number of guanidine groups is 1. The van der Waals surface area contributed by atoms with Crippen LogP contribution in [0.5, 0.6) is 0 Å². The first-order valence-corrected chi connectivity index (χ1v) is 9.18. The van der Waals surface area contributed by atoms with Crippen LogP contribution in [0.4, 0.5) is 0 Å². The third-order valence-electron chi connectivity index (χ3n) is 2.99. The van der Waals surface area contributed by atoms with Crippen molar-refractivity contribution in [3.63, 3.8) is 0 Å². The van der Waals surface area contributed by atoms with E-state index in [1.807, 2.05) is 24.0 Å². The Labute approximate surface area is 140 Å². The van der Waals surface area contributed by atoms with Gasteiger partial charge in [-0.1, -0.05) is 25.1 Å². The highest BCUT2D eigenvalue weighted by molar-refractivity contribution is 7.99. The van der Waals surface area contributed by atoms with E-state index in [2.05, 4.69) is 51.8 Å². The van der Waals surface area contributed by atoms with Gasteiger partial charge in [-0.05, 0) is 18.6 Å². The summed E-state index contributed by atoms with van der Waals surface area (Å²) in [4.78, 5) is 11.2. The zero-order valence-corrected chi connectivity index (χ0v) is 14.6. The van der Waals surface area contributed by atoms with Gasteiger partial charge >= 0.3 is 0 Å². The van der Waals surface area contributed by atoms with Crippen molar-refractivity contribution in [2.24, 2.45) is 4.99 Å². The topological polar surface area (TPSA) is 49.3 Å². The fourth-order valence-corrected chi connectivity index (χ4v) is 3.42. The molecular weight excluding hydrogens is 312 g/mol. The molecule has 118 valence electrons. The van der Waals surface area contributed by atoms with Crippen molar-refractivity contribution in [2.75, 3.05) is 19.3 Å². The fraction of sp³-hybridized carbons (Fsp3) is 0.375. The Bertz CT molecular complexity index is 581. The van der Waals surface area contributed by atoms with Crippen molar-refractivity contribution in [1.82, 2.24) is 15.6 Å². The SMILES string of the molecule is CCc1cnc(CNC(=NC)NCCSc2ccccc2)s1. The number of rotatable bonds is 7. The van der Waals surface area contributed by atoms with Crippen LogP contribution in [0.2, 0.25) is 0 Å². The highest BCUT2D eigenvalue weighted by atomic mass is 32.2. The van der Waals surface area contributed by atoms with Crippen LogP contribution < -0.4 is 10.6 Å². The molecule has 1 aromatic heterocycles. The molecule has 0 atom stereocenters. The number of nitrogens with one attached hydrogen (secondary N) is 2. The van der Waals surface area contributed by atoms with Crippen LogP contribution in [0.25, 0.3) is 0 Å². The van der Waals surface area contributed by atoms with Crippen molar-refractivity contribution in [1.29, 1.82) is 0 Å². The van der Waals surface area contributed by atoms with Gasteiger partial charge in [0.25, 0.3) is 0 Å². The summed E-state index contributed by atoms with van der Waals surface area (Å²) in [6.45, 7) is 3.74. The van der Waals surface area contributed by atoms with Crippen molar-refractivity contribution < 1.29 is 0 Å². The summed E-state index contributed by atoms with van der Waals surface area (Å²) < 4.78 is 0. The van der Waals surface area contributed by atoms with E-state index >= 15 is 0 Å². The molecule has 0 spiro atoms. The second-order valence-corrected chi connectivity index (χ2v) is 6.96. The summed E-state index contributed by atoms with van der Waals surface area (Å²) in [5.74, 6) is 1.82. The van der Waals surface area contributed by atoms with Crippen LogP contribution in [-0.4, -0.2) is 30.3 Å². The van der Waals surface area contributed by atoms with Crippen molar-refractivity contribution in [2.45, 2.75) is 24.8 Å². The Kier molecular flexibility index (Phi) is 7.25. The molecule has 0 aliphatic rings. The number of hydrogen-bond donors (Lipinski definition) is 2. The molecule has 22 heavy (non-hydrogen) atoms. The number of thioether (sulfide) groups is 1. The maximum atomic E-state index is 4.40. The van der Waals surface area contributed by atoms with Gasteiger partial charge in [-0.25, -0.2) is 4.98 Å². The summed E-state index contributed by atoms with van der Waals surface area (Å²) in [5.41, 5.74) is 0. The largest absolute Gasteiger partial charge is 0.356 e. The van der Waals surface area contributed by atoms with Crippen LogP contribution in [0.1, 0.15) is 16.8 Å². The minimum absolute atomic E-state index is 0.718. The molecule has 0 fully saturated rings. The highest BCUT2D eigenvalue weighted by Crippen LogP contribution is 2.15. The predicted molar refractivity (Wildman–Crippen MR) is 96.9 cm³/mol. The summed E-state index contributed by atoms with van der Waals surface area (Å²) in [6.07, 6.45) is 3.00. The van der Waals surface area contributed by atoms with E-state index < -0.39 is 0 Å². The third kappa shape index (κ3) is 5.69. The van der Waals surface area contributed by atoms with E-state index in [1.165, 1.54) is 9.77 Å². The van der Waals surface area contributed by atoms with Crippen LogP contribution in [0, 0.1) is 0 Å². The molecule has 0 bridgehead atoms. The summed E-state index contributed by atoms with van der Waals surface area (Å²) in [5, 5.41) is 7.72. The zero-order valence-electron chi connectivity index (χ0n) is 13.0. The average molecular weight is 335 g/mol. The standard InChI is InChI=1S/C16H22N4S2/c1-3-13-11-19-15(22-13)12-20-16(17-2)18-9-10-21-14-7-5-4-6-8-14/h4-8,11H,3,9-10,12H2,1-2H3,(H2,17,18,20). The number of benzene rings is 1. The van der Waals surface area contributed by atoms with Gasteiger partial charge in [0.05, 0.1) is 6.54 Å². The number of nitrogens with zero attached hydrogens (tertiary/aromatic N) is 2. The van der Waals surface area contributed by atoms with Crippen molar-refractivity contribution in [3.05, 3.63) is 46.4 Å². The number of aromatic nitrogens is 1. The van der Waals surface area contributed by atoms with E-state index in [0.717, 1.165) is 36.2 Å². The van der Waals surface area contributed by atoms with Crippen LogP contribution in [0.15, 0.2) is 46.4 Å². The van der Waals surface area contributed by atoms with E-state index in [4.69, 9.17) is 0 Å². The van der Waals surface area contributed by atoms with Gasteiger partial charge in [-0.15, -0.1) is 23.1 Å². The number of hydrogen-bond acceptors (Lipinski definition) is 4. The second-order valence-electron chi connectivity index (χ2n) is 4.59. The normalized spacial score (nSPS) is 11.5. The molecule has 0 radical (unpaired) electrons. The molecular formula is C16H22N4S2. The Morgan fingerprint density at radius 1 is 1.27 bits per heavy atom. The van der Waals surface area contributed by atoms with Crippen LogP contribution in [-0.2, 0) is 13.0 Å². The Hall–Kier alpha value is -1.53. The Balaban J connectivity index is 1.67. The van der Waals surface area contributed by atoms with Gasteiger partial charge in [0.15, 0.2) is 5.96 Å². The lowest BCUT2D eigenvalue weighted by molar-refractivity contribution is 0.827. The van der Waals surface area contributed by atoms with Gasteiger partial charge in [-0.3, -0.25) is 4.99 Å². The molecule has 2 N–H and O–H groups in total. The first-order valence-electron chi connectivity index (χ1n) is 7.37. The molecule has 0 aliphatic carbocycles. The van der Waals surface area contributed by atoms with E-state index in [0.29, 0.717) is 0 Å². The lowest BCUT2D eigenvalue weighted by Gasteiger charge is -2.10. The van der Waals surface area contributed by atoms with E-state index in [-0.39, 0.29) is 0 Å². The molecule has 0 aliphatic heterocycles.